The van der Waals surface area contributed by atoms with Crippen LogP contribution < -0.4 is 15.0 Å². The monoisotopic (exact) mass is 385 g/mol. The molecule has 0 aromatic heterocycles. The number of benzene rings is 3. The number of carbonyl (C=O) groups is 2. The highest BCUT2D eigenvalue weighted by Crippen LogP contribution is 2.23. The van der Waals surface area contributed by atoms with E-state index in [0.29, 0.717) is 22.7 Å². The lowest BCUT2D eigenvalue weighted by Gasteiger charge is -2.21. The van der Waals surface area contributed by atoms with E-state index >= 15 is 0 Å². The summed E-state index contributed by atoms with van der Waals surface area (Å²) in [5.74, 6) is 0.666. The van der Waals surface area contributed by atoms with E-state index in [1.54, 1.807) is 48.5 Å². The summed E-state index contributed by atoms with van der Waals surface area (Å²) < 4.78 is 5.72. The van der Waals surface area contributed by atoms with Gasteiger partial charge in [0.25, 0.3) is 0 Å². The Balaban J connectivity index is 1.66. The van der Waals surface area contributed by atoms with Crippen LogP contribution >= 0.6 is 0 Å². The molecule has 0 bridgehead atoms. The first-order chi connectivity index (χ1) is 14.1. The molecule has 0 aliphatic carbocycles. The Hall–Kier alpha value is -4.11. The van der Waals surface area contributed by atoms with Gasteiger partial charge in [-0.05, 0) is 48.5 Å². The molecule has 3 rings (SSSR count). The number of hydrogen-bond donors (Lipinski definition) is 1. The Morgan fingerprint density at radius 3 is 2.21 bits per heavy atom. The summed E-state index contributed by atoms with van der Waals surface area (Å²) in [7, 11) is 0. The number of rotatable bonds is 6. The van der Waals surface area contributed by atoms with Crippen molar-refractivity contribution < 1.29 is 14.3 Å². The molecule has 6 nitrogen and oxygen atoms in total. The Morgan fingerprint density at radius 1 is 0.931 bits per heavy atom. The molecule has 0 heterocycles. The molecule has 3 aromatic rings. The van der Waals surface area contributed by atoms with E-state index < -0.39 is 0 Å². The molecule has 0 unspecified atom stereocenters. The minimum absolute atomic E-state index is 0.198. The predicted molar refractivity (Wildman–Crippen MR) is 111 cm³/mol. The van der Waals surface area contributed by atoms with Crippen molar-refractivity contribution in [2.75, 3.05) is 16.8 Å². The van der Waals surface area contributed by atoms with Gasteiger partial charge in [-0.15, -0.1) is 0 Å². The third-order valence-corrected chi connectivity index (χ3v) is 4.11. The first-order valence-electron chi connectivity index (χ1n) is 8.97. The van der Waals surface area contributed by atoms with Crippen molar-refractivity contribution in [3.63, 3.8) is 0 Å². The van der Waals surface area contributed by atoms with E-state index in [1.165, 1.54) is 11.8 Å². The Morgan fingerprint density at radius 2 is 1.55 bits per heavy atom. The van der Waals surface area contributed by atoms with Gasteiger partial charge in [0.05, 0.1) is 11.3 Å². The topological polar surface area (TPSA) is 82.4 Å². The van der Waals surface area contributed by atoms with Crippen LogP contribution in [0.5, 0.6) is 11.5 Å². The van der Waals surface area contributed by atoms with Gasteiger partial charge in [-0.1, -0.05) is 30.3 Å². The Labute approximate surface area is 169 Å². The van der Waals surface area contributed by atoms with Crippen LogP contribution in [0.3, 0.4) is 0 Å². The lowest BCUT2D eigenvalue weighted by Crippen LogP contribution is -2.37. The van der Waals surface area contributed by atoms with Gasteiger partial charge < -0.3 is 15.0 Å². The molecule has 0 atom stereocenters. The average Bonchev–Trinajstić information content (AvgIpc) is 2.74. The van der Waals surface area contributed by atoms with Gasteiger partial charge >= 0.3 is 0 Å². The van der Waals surface area contributed by atoms with Crippen LogP contribution in [0.4, 0.5) is 11.4 Å². The number of nitrogens with one attached hydrogen (secondary N) is 1. The Kier molecular flexibility index (Phi) is 6.23. The largest absolute Gasteiger partial charge is 0.457 e. The van der Waals surface area contributed by atoms with E-state index in [2.05, 4.69) is 5.32 Å². The van der Waals surface area contributed by atoms with Crippen molar-refractivity contribution in [1.82, 2.24) is 0 Å². The number of para-hydroxylation sites is 2. The number of amides is 2. The molecule has 0 fully saturated rings. The van der Waals surface area contributed by atoms with Crippen LogP contribution in [0.1, 0.15) is 12.5 Å². The molecular formula is C23H19N3O3. The van der Waals surface area contributed by atoms with E-state index in [-0.39, 0.29) is 18.4 Å². The van der Waals surface area contributed by atoms with Crippen LogP contribution in [-0.2, 0) is 9.59 Å². The number of ether oxygens (including phenoxy) is 1. The normalized spacial score (nSPS) is 9.93. The summed E-state index contributed by atoms with van der Waals surface area (Å²) in [4.78, 5) is 25.8. The minimum atomic E-state index is -0.371. The number of nitrogens with zero attached hydrogens (tertiary/aromatic N) is 2. The van der Waals surface area contributed by atoms with Crippen molar-refractivity contribution in [2.24, 2.45) is 0 Å². The van der Waals surface area contributed by atoms with Crippen molar-refractivity contribution in [3.05, 3.63) is 84.4 Å². The number of hydrogen-bond acceptors (Lipinski definition) is 4. The van der Waals surface area contributed by atoms with Crippen LogP contribution in [0.25, 0.3) is 0 Å². The fourth-order valence-corrected chi connectivity index (χ4v) is 2.74. The van der Waals surface area contributed by atoms with Crippen molar-refractivity contribution in [2.45, 2.75) is 6.92 Å². The van der Waals surface area contributed by atoms with Crippen molar-refractivity contribution in [1.29, 1.82) is 5.26 Å². The molecule has 29 heavy (non-hydrogen) atoms. The van der Waals surface area contributed by atoms with Crippen LogP contribution in [0, 0.1) is 11.3 Å². The highest BCUT2D eigenvalue weighted by Gasteiger charge is 2.18. The van der Waals surface area contributed by atoms with Crippen LogP contribution in [-0.4, -0.2) is 18.4 Å². The first kappa shape index (κ1) is 19.6. The second-order valence-corrected chi connectivity index (χ2v) is 6.22. The molecule has 0 saturated carbocycles. The molecule has 0 spiro atoms. The van der Waals surface area contributed by atoms with Crippen molar-refractivity contribution in [3.8, 4) is 17.6 Å². The van der Waals surface area contributed by atoms with Gasteiger partial charge in [0.2, 0.25) is 11.8 Å². The summed E-state index contributed by atoms with van der Waals surface area (Å²) >= 11 is 0. The van der Waals surface area contributed by atoms with Crippen LogP contribution in [0.2, 0.25) is 0 Å². The zero-order valence-corrected chi connectivity index (χ0v) is 15.8. The minimum Gasteiger partial charge on any atom is -0.457 e. The van der Waals surface area contributed by atoms with E-state index in [1.807, 2.05) is 36.4 Å². The van der Waals surface area contributed by atoms with Crippen molar-refractivity contribution >= 4 is 23.2 Å². The zero-order chi connectivity index (χ0) is 20.6. The lowest BCUT2D eigenvalue weighted by atomic mass is 10.1. The van der Waals surface area contributed by atoms with E-state index in [0.717, 1.165) is 5.75 Å². The van der Waals surface area contributed by atoms with Gasteiger partial charge in [-0.25, -0.2) is 0 Å². The first-order valence-corrected chi connectivity index (χ1v) is 8.97. The van der Waals surface area contributed by atoms with Gasteiger partial charge in [0.15, 0.2) is 0 Å². The molecule has 3 aromatic carbocycles. The van der Waals surface area contributed by atoms with Gasteiger partial charge in [-0.3, -0.25) is 9.59 Å². The van der Waals surface area contributed by atoms with Gasteiger partial charge in [0.1, 0.15) is 24.1 Å². The maximum Gasteiger partial charge on any atom is 0.244 e. The SMILES string of the molecule is CC(=O)N(CC(=O)Nc1ccc(Oc2ccccc2)cc1)c1ccccc1C#N. The number of carbonyl (C=O) groups excluding carboxylic acids is 2. The van der Waals surface area contributed by atoms with Gasteiger partial charge in [-0.2, -0.15) is 5.26 Å². The van der Waals surface area contributed by atoms with Crippen LogP contribution in [0.15, 0.2) is 78.9 Å². The molecular weight excluding hydrogens is 366 g/mol. The fraction of sp³-hybridized carbons (Fsp3) is 0.0870. The fourth-order valence-electron chi connectivity index (χ4n) is 2.74. The number of nitriles is 1. The molecule has 6 heteroatoms. The lowest BCUT2D eigenvalue weighted by molar-refractivity contribution is -0.120. The third-order valence-electron chi connectivity index (χ3n) is 4.11. The maximum atomic E-state index is 12.5. The molecule has 0 saturated heterocycles. The molecule has 2 amide bonds. The second-order valence-electron chi connectivity index (χ2n) is 6.22. The highest BCUT2D eigenvalue weighted by molar-refractivity contribution is 6.02. The average molecular weight is 385 g/mol. The summed E-state index contributed by atoms with van der Waals surface area (Å²) in [5, 5.41) is 12.0. The molecule has 144 valence electrons. The van der Waals surface area contributed by atoms with E-state index in [4.69, 9.17) is 4.74 Å². The smallest absolute Gasteiger partial charge is 0.244 e. The summed E-state index contributed by atoms with van der Waals surface area (Å²) in [6.45, 7) is 1.16. The highest BCUT2D eigenvalue weighted by atomic mass is 16.5. The molecule has 0 radical (unpaired) electrons. The maximum absolute atomic E-state index is 12.5. The third kappa shape index (κ3) is 5.21. The Bertz CT molecular complexity index is 1040. The summed E-state index contributed by atoms with van der Waals surface area (Å²) in [6, 6.07) is 25.0. The second kappa shape index (κ2) is 9.20. The molecule has 1 N–H and O–H groups in total. The zero-order valence-electron chi connectivity index (χ0n) is 15.8. The predicted octanol–water partition coefficient (Wildman–Crippen LogP) is 4.34. The summed E-state index contributed by atoms with van der Waals surface area (Å²) in [6.07, 6.45) is 0. The molecule has 0 aliphatic heterocycles. The standard InChI is InChI=1S/C23H19N3O3/c1-17(27)26(22-10-6-5-7-18(22)15-24)16-23(28)25-19-11-13-21(14-12-19)29-20-8-3-2-4-9-20/h2-14H,16H2,1H3,(H,25,28). The summed E-state index contributed by atoms with van der Waals surface area (Å²) in [5.41, 5.74) is 1.31. The quantitative estimate of drug-likeness (QED) is 0.684. The van der Waals surface area contributed by atoms with Gasteiger partial charge in [0, 0.05) is 12.6 Å². The molecule has 0 aliphatic rings. The van der Waals surface area contributed by atoms with E-state index in [9.17, 15) is 14.9 Å². The number of anilines is 2.